The highest BCUT2D eigenvalue weighted by Crippen LogP contribution is 2.38. The molecule has 1 N–H and O–H groups in total. The molecule has 0 aliphatic rings. The molecule has 0 aliphatic heterocycles. The molecule has 4 aromatic rings. The summed E-state index contributed by atoms with van der Waals surface area (Å²) in [6.45, 7) is 0. The Morgan fingerprint density at radius 3 is 2.41 bits per heavy atom. The third kappa shape index (κ3) is 4.73. The normalized spacial score (nSPS) is 11.2. The zero-order valence-corrected chi connectivity index (χ0v) is 16.9. The summed E-state index contributed by atoms with van der Waals surface area (Å²) in [5.74, 6) is -0.727. The summed E-state index contributed by atoms with van der Waals surface area (Å²) in [5, 5.41) is 6.54. The molecule has 0 saturated heterocycles. The van der Waals surface area contributed by atoms with Gasteiger partial charge in [0.15, 0.2) is 11.4 Å². The van der Waals surface area contributed by atoms with Gasteiger partial charge in [-0.2, -0.15) is 18.3 Å². The van der Waals surface area contributed by atoms with Crippen molar-refractivity contribution in [3.8, 4) is 22.6 Å². The molecule has 0 spiro atoms. The van der Waals surface area contributed by atoms with Gasteiger partial charge in [0, 0.05) is 23.1 Å². The fourth-order valence-electron chi connectivity index (χ4n) is 3.01. The Kier molecular flexibility index (Phi) is 5.83. The minimum Gasteiger partial charge on any atom is -0.406 e. The van der Waals surface area contributed by atoms with E-state index < -0.39 is 23.7 Å². The summed E-state index contributed by atoms with van der Waals surface area (Å²) in [5.41, 5.74) is 0.892. The maximum Gasteiger partial charge on any atom is 0.437 e. The minimum atomic E-state index is -4.83. The van der Waals surface area contributed by atoms with E-state index in [4.69, 9.17) is 16.3 Å². The molecule has 1 amide bonds. The van der Waals surface area contributed by atoms with Crippen molar-refractivity contribution in [2.45, 2.75) is 6.18 Å². The Labute approximate surface area is 185 Å². The van der Waals surface area contributed by atoms with Crippen molar-refractivity contribution in [2.75, 3.05) is 5.32 Å². The van der Waals surface area contributed by atoms with Gasteiger partial charge in [0.05, 0.1) is 11.9 Å². The molecule has 2 heterocycles. The van der Waals surface area contributed by atoms with Crippen LogP contribution < -0.4 is 10.1 Å². The summed E-state index contributed by atoms with van der Waals surface area (Å²) in [6.07, 6.45) is -1.82. The van der Waals surface area contributed by atoms with Gasteiger partial charge >= 0.3 is 12.3 Å². The number of halogens is 4. The number of amides is 1. The van der Waals surface area contributed by atoms with Crippen molar-refractivity contribution in [3.63, 3.8) is 0 Å². The Morgan fingerprint density at radius 1 is 1.00 bits per heavy atom. The topological polar surface area (TPSA) is 69.0 Å². The standard InChI is InChI=1S/C22H14ClF3N4O2/c23-16-4-6-18(7-5-16)30-20(22(24,25)26)19(13-28-30)32-21(31)29-17-3-1-2-15(12-17)14-8-10-27-11-9-14/h1-13H,(H,29,31). The van der Waals surface area contributed by atoms with Gasteiger partial charge in [-0.15, -0.1) is 0 Å². The number of alkyl halides is 3. The molecule has 0 fully saturated rings. The van der Waals surface area contributed by atoms with Crippen molar-refractivity contribution in [3.05, 3.63) is 90.0 Å². The molecule has 162 valence electrons. The second-order valence-electron chi connectivity index (χ2n) is 6.57. The van der Waals surface area contributed by atoms with E-state index in [1.807, 2.05) is 6.07 Å². The van der Waals surface area contributed by atoms with Crippen LogP contribution in [-0.4, -0.2) is 20.9 Å². The van der Waals surface area contributed by atoms with Crippen LogP contribution in [0.4, 0.5) is 23.7 Å². The first kappa shape index (κ1) is 21.4. The Balaban J connectivity index is 1.57. The minimum absolute atomic E-state index is 0.113. The van der Waals surface area contributed by atoms with Gasteiger partial charge in [-0.25, -0.2) is 9.48 Å². The third-order valence-electron chi connectivity index (χ3n) is 4.40. The van der Waals surface area contributed by atoms with E-state index in [0.717, 1.165) is 17.3 Å². The summed E-state index contributed by atoms with van der Waals surface area (Å²) in [7, 11) is 0. The van der Waals surface area contributed by atoms with Crippen molar-refractivity contribution >= 4 is 23.4 Å². The number of anilines is 1. The maximum absolute atomic E-state index is 13.7. The molecular formula is C22H14ClF3N4O2. The number of ether oxygens (including phenoxy) is 1. The van der Waals surface area contributed by atoms with Gasteiger partial charge in [0.2, 0.25) is 0 Å². The van der Waals surface area contributed by atoms with Crippen molar-refractivity contribution in [1.29, 1.82) is 0 Å². The number of pyridine rings is 1. The van der Waals surface area contributed by atoms with E-state index in [0.29, 0.717) is 15.4 Å². The van der Waals surface area contributed by atoms with E-state index in [-0.39, 0.29) is 5.69 Å². The van der Waals surface area contributed by atoms with Crippen molar-refractivity contribution in [2.24, 2.45) is 0 Å². The molecule has 2 aromatic heterocycles. The van der Waals surface area contributed by atoms with E-state index in [2.05, 4.69) is 15.4 Å². The lowest BCUT2D eigenvalue weighted by molar-refractivity contribution is -0.143. The number of hydrogen-bond acceptors (Lipinski definition) is 4. The van der Waals surface area contributed by atoms with Gasteiger partial charge < -0.3 is 4.74 Å². The van der Waals surface area contributed by atoms with Gasteiger partial charge in [-0.1, -0.05) is 23.7 Å². The number of benzene rings is 2. The predicted molar refractivity (Wildman–Crippen MR) is 113 cm³/mol. The SMILES string of the molecule is O=C(Nc1cccc(-c2ccncc2)c1)Oc1cnn(-c2ccc(Cl)cc2)c1C(F)(F)F. The van der Waals surface area contributed by atoms with Crippen LogP contribution in [0.25, 0.3) is 16.8 Å². The number of carbonyl (C=O) groups is 1. The third-order valence-corrected chi connectivity index (χ3v) is 4.65. The number of aromatic nitrogens is 3. The van der Waals surface area contributed by atoms with E-state index in [9.17, 15) is 18.0 Å². The summed E-state index contributed by atoms with van der Waals surface area (Å²) < 4.78 is 46.8. The van der Waals surface area contributed by atoms with Gasteiger partial charge in [0.25, 0.3) is 0 Å². The highest BCUT2D eigenvalue weighted by atomic mass is 35.5. The predicted octanol–water partition coefficient (Wildman–Crippen LogP) is 6.22. The molecule has 10 heteroatoms. The van der Waals surface area contributed by atoms with Crippen molar-refractivity contribution < 1.29 is 22.7 Å². The zero-order valence-electron chi connectivity index (χ0n) is 16.2. The lowest BCUT2D eigenvalue weighted by atomic mass is 10.1. The molecule has 4 rings (SSSR count). The van der Waals surface area contributed by atoms with Crippen LogP contribution in [0.1, 0.15) is 5.69 Å². The Morgan fingerprint density at radius 2 is 1.72 bits per heavy atom. The highest BCUT2D eigenvalue weighted by Gasteiger charge is 2.40. The number of nitrogens with zero attached hydrogens (tertiary/aromatic N) is 3. The molecule has 0 atom stereocenters. The molecule has 0 saturated carbocycles. The van der Waals surface area contributed by atoms with Gasteiger partial charge in [-0.3, -0.25) is 10.3 Å². The molecule has 0 aliphatic carbocycles. The fraction of sp³-hybridized carbons (Fsp3) is 0.0455. The van der Waals surface area contributed by atoms with Crippen LogP contribution in [0.3, 0.4) is 0 Å². The molecule has 32 heavy (non-hydrogen) atoms. The van der Waals surface area contributed by atoms with Crippen LogP contribution in [-0.2, 0) is 6.18 Å². The monoisotopic (exact) mass is 458 g/mol. The quantitative estimate of drug-likeness (QED) is 0.394. The number of nitrogens with one attached hydrogen (secondary N) is 1. The lowest BCUT2D eigenvalue weighted by Crippen LogP contribution is -2.20. The first-order chi connectivity index (χ1) is 15.3. The number of hydrogen-bond donors (Lipinski definition) is 1. The van der Waals surface area contributed by atoms with Crippen LogP contribution >= 0.6 is 11.6 Å². The van der Waals surface area contributed by atoms with Crippen LogP contribution in [0, 0.1) is 0 Å². The smallest absolute Gasteiger partial charge is 0.406 e. The lowest BCUT2D eigenvalue weighted by Gasteiger charge is -2.13. The Bertz CT molecular complexity index is 1240. The molecule has 6 nitrogen and oxygen atoms in total. The van der Waals surface area contributed by atoms with Gasteiger partial charge in [0.1, 0.15) is 0 Å². The first-order valence-corrected chi connectivity index (χ1v) is 9.59. The number of carbonyl (C=O) groups excluding carboxylic acids is 1. The number of rotatable bonds is 4. The van der Waals surface area contributed by atoms with E-state index in [1.54, 1.807) is 42.7 Å². The molecule has 0 unspecified atom stereocenters. The van der Waals surface area contributed by atoms with Crippen molar-refractivity contribution in [1.82, 2.24) is 14.8 Å². The molecule has 2 aromatic carbocycles. The first-order valence-electron chi connectivity index (χ1n) is 9.22. The summed E-state index contributed by atoms with van der Waals surface area (Å²) >= 11 is 5.80. The van der Waals surface area contributed by atoms with E-state index >= 15 is 0 Å². The average molecular weight is 459 g/mol. The highest BCUT2D eigenvalue weighted by molar-refractivity contribution is 6.30. The largest absolute Gasteiger partial charge is 0.437 e. The molecule has 0 radical (unpaired) electrons. The second kappa shape index (κ2) is 8.72. The summed E-state index contributed by atoms with van der Waals surface area (Å²) in [6, 6.07) is 16.0. The van der Waals surface area contributed by atoms with Gasteiger partial charge in [-0.05, 0) is 59.7 Å². The van der Waals surface area contributed by atoms with E-state index in [1.165, 1.54) is 24.3 Å². The van der Waals surface area contributed by atoms with Crippen LogP contribution in [0.2, 0.25) is 5.02 Å². The average Bonchev–Trinajstić information content (AvgIpc) is 3.19. The molecule has 0 bridgehead atoms. The van der Waals surface area contributed by atoms with Crippen LogP contribution in [0.5, 0.6) is 5.75 Å². The molecular weight excluding hydrogens is 445 g/mol. The fourth-order valence-corrected chi connectivity index (χ4v) is 3.14. The summed E-state index contributed by atoms with van der Waals surface area (Å²) in [4.78, 5) is 16.3. The zero-order chi connectivity index (χ0) is 22.7. The maximum atomic E-state index is 13.7. The Hall–Kier alpha value is -3.85. The second-order valence-corrected chi connectivity index (χ2v) is 7.01. The van der Waals surface area contributed by atoms with Crippen LogP contribution in [0.15, 0.2) is 79.3 Å².